The predicted octanol–water partition coefficient (Wildman–Crippen LogP) is 1.54. The van der Waals surface area contributed by atoms with Gasteiger partial charge in [-0.15, -0.1) is 0 Å². The van der Waals surface area contributed by atoms with E-state index in [4.69, 9.17) is 21.4 Å². The van der Waals surface area contributed by atoms with Crippen LogP contribution in [0.2, 0.25) is 5.02 Å². The van der Waals surface area contributed by atoms with E-state index < -0.39 is 22.3 Å². The van der Waals surface area contributed by atoms with E-state index in [1.54, 1.807) is 0 Å². The van der Waals surface area contributed by atoms with Crippen molar-refractivity contribution in [2.24, 2.45) is 0 Å². The number of nitro benzene ring substituents is 1. The second kappa shape index (κ2) is 6.93. The molecule has 124 valence electrons. The molecule has 0 aliphatic carbocycles. The van der Waals surface area contributed by atoms with Crippen LogP contribution in [0.1, 0.15) is 18.4 Å². The van der Waals surface area contributed by atoms with Gasteiger partial charge in [0, 0.05) is 18.7 Å². The van der Waals surface area contributed by atoms with Gasteiger partial charge in [-0.25, -0.2) is 0 Å². The van der Waals surface area contributed by atoms with Crippen molar-refractivity contribution in [1.29, 1.82) is 0 Å². The molecule has 0 aromatic heterocycles. The Bertz CT molecular complexity index is 642. The van der Waals surface area contributed by atoms with Crippen LogP contribution >= 0.6 is 11.6 Å². The number of carbonyl (C=O) groups excluding carboxylic acids is 1. The Hall–Kier alpha value is -2.19. The SMILES string of the molecule is O=C(O)CC1(NC(=O)Cc2ccc([N+](=O)[O-])cc2Cl)CCOC1. The summed E-state index contributed by atoms with van der Waals surface area (Å²) in [7, 11) is 0. The van der Waals surface area contributed by atoms with Crippen molar-refractivity contribution in [1.82, 2.24) is 5.32 Å². The summed E-state index contributed by atoms with van der Waals surface area (Å²) in [4.78, 5) is 33.2. The van der Waals surface area contributed by atoms with Crippen LogP contribution in [0, 0.1) is 10.1 Å². The summed E-state index contributed by atoms with van der Waals surface area (Å²) in [6, 6.07) is 3.85. The minimum Gasteiger partial charge on any atom is -0.481 e. The van der Waals surface area contributed by atoms with E-state index in [1.807, 2.05) is 0 Å². The van der Waals surface area contributed by atoms with Crippen molar-refractivity contribution in [3.05, 3.63) is 38.9 Å². The van der Waals surface area contributed by atoms with Crippen LogP contribution in [0.15, 0.2) is 18.2 Å². The quantitative estimate of drug-likeness (QED) is 0.598. The van der Waals surface area contributed by atoms with Gasteiger partial charge in [-0.05, 0) is 12.0 Å². The molecule has 1 atom stereocenters. The van der Waals surface area contributed by atoms with Gasteiger partial charge in [0.1, 0.15) is 0 Å². The highest BCUT2D eigenvalue weighted by molar-refractivity contribution is 6.31. The summed E-state index contributed by atoms with van der Waals surface area (Å²) in [6.45, 7) is 0.519. The molecule has 8 nitrogen and oxygen atoms in total. The minimum absolute atomic E-state index is 0.0990. The number of carbonyl (C=O) groups is 2. The minimum atomic E-state index is -1.02. The Morgan fingerprint density at radius 3 is 2.74 bits per heavy atom. The molecule has 0 saturated carbocycles. The molecule has 1 aromatic rings. The van der Waals surface area contributed by atoms with Crippen molar-refractivity contribution < 1.29 is 24.4 Å². The van der Waals surface area contributed by atoms with E-state index in [0.29, 0.717) is 18.6 Å². The maximum absolute atomic E-state index is 12.2. The molecular weight excluding hydrogens is 328 g/mol. The van der Waals surface area contributed by atoms with Crippen molar-refractivity contribution in [2.45, 2.75) is 24.8 Å². The molecule has 1 aromatic carbocycles. The lowest BCUT2D eigenvalue weighted by Gasteiger charge is -2.27. The lowest BCUT2D eigenvalue weighted by Crippen LogP contribution is -2.51. The third-order valence-corrected chi connectivity index (χ3v) is 3.95. The molecule has 0 radical (unpaired) electrons. The molecule has 1 saturated heterocycles. The van der Waals surface area contributed by atoms with Gasteiger partial charge in [0.25, 0.3) is 5.69 Å². The van der Waals surface area contributed by atoms with Crippen LogP contribution in [-0.2, 0) is 20.7 Å². The monoisotopic (exact) mass is 342 g/mol. The Kier molecular flexibility index (Phi) is 5.17. The average Bonchev–Trinajstić information content (AvgIpc) is 2.87. The lowest BCUT2D eigenvalue weighted by molar-refractivity contribution is -0.384. The van der Waals surface area contributed by atoms with E-state index >= 15 is 0 Å². The molecule has 23 heavy (non-hydrogen) atoms. The van der Waals surface area contributed by atoms with E-state index in [1.165, 1.54) is 18.2 Å². The number of aliphatic carboxylic acids is 1. The summed E-state index contributed by atoms with van der Waals surface area (Å²) >= 11 is 5.95. The third kappa shape index (κ3) is 4.40. The topological polar surface area (TPSA) is 119 Å². The summed E-state index contributed by atoms with van der Waals surface area (Å²) in [5.74, 6) is -1.43. The Morgan fingerprint density at radius 2 is 2.22 bits per heavy atom. The van der Waals surface area contributed by atoms with E-state index in [-0.39, 0.29) is 30.2 Å². The van der Waals surface area contributed by atoms with Gasteiger partial charge in [-0.1, -0.05) is 17.7 Å². The van der Waals surface area contributed by atoms with Gasteiger partial charge in [0.2, 0.25) is 5.91 Å². The number of rotatable bonds is 6. The van der Waals surface area contributed by atoms with Crippen LogP contribution in [0.25, 0.3) is 0 Å². The largest absolute Gasteiger partial charge is 0.481 e. The summed E-state index contributed by atoms with van der Waals surface area (Å²) in [5.41, 5.74) is -0.652. The summed E-state index contributed by atoms with van der Waals surface area (Å²) < 4.78 is 5.20. The fourth-order valence-electron chi connectivity index (χ4n) is 2.48. The predicted molar refractivity (Wildman–Crippen MR) is 80.4 cm³/mol. The zero-order valence-electron chi connectivity index (χ0n) is 12.1. The molecule has 2 N–H and O–H groups in total. The molecule has 1 aliphatic heterocycles. The van der Waals surface area contributed by atoms with Crippen LogP contribution in [0.3, 0.4) is 0 Å². The number of nitrogens with one attached hydrogen (secondary N) is 1. The fraction of sp³-hybridized carbons (Fsp3) is 0.429. The molecule has 1 heterocycles. The molecule has 2 rings (SSSR count). The number of nitro groups is 1. The standard InChI is InChI=1S/C14H15ClN2O6/c15-11-6-10(17(21)22)2-1-9(11)5-12(18)16-14(7-13(19)20)3-4-23-8-14/h1-2,6H,3-5,7-8H2,(H,16,18)(H,19,20). The second-order valence-corrected chi connectivity index (χ2v) is 5.82. The van der Waals surface area contributed by atoms with E-state index in [9.17, 15) is 19.7 Å². The molecule has 0 spiro atoms. The molecule has 1 amide bonds. The van der Waals surface area contributed by atoms with Crippen LogP contribution in [0.4, 0.5) is 5.69 Å². The van der Waals surface area contributed by atoms with Crippen LogP contribution < -0.4 is 5.32 Å². The fourth-order valence-corrected chi connectivity index (χ4v) is 2.73. The maximum Gasteiger partial charge on any atom is 0.305 e. The summed E-state index contributed by atoms with van der Waals surface area (Å²) in [6.07, 6.45) is 0.0873. The van der Waals surface area contributed by atoms with Crippen molar-refractivity contribution in [2.75, 3.05) is 13.2 Å². The summed E-state index contributed by atoms with van der Waals surface area (Å²) in [5, 5.41) is 22.5. The molecule has 0 bridgehead atoms. The van der Waals surface area contributed by atoms with Crippen molar-refractivity contribution >= 4 is 29.2 Å². The molecule has 1 fully saturated rings. The molecular formula is C14H15ClN2O6. The Morgan fingerprint density at radius 1 is 1.48 bits per heavy atom. The first-order valence-electron chi connectivity index (χ1n) is 6.85. The van der Waals surface area contributed by atoms with E-state index in [0.717, 1.165) is 0 Å². The maximum atomic E-state index is 12.2. The number of amides is 1. The van der Waals surface area contributed by atoms with Gasteiger partial charge in [-0.3, -0.25) is 19.7 Å². The van der Waals surface area contributed by atoms with Gasteiger partial charge >= 0.3 is 5.97 Å². The number of hydrogen-bond acceptors (Lipinski definition) is 5. The van der Waals surface area contributed by atoms with Gasteiger partial charge in [0.15, 0.2) is 0 Å². The van der Waals surface area contributed by atoms with Gasteiger partial charge in [0.05, 0.1) is 34.9 Å². The number of hydrogen-bond donors (Lipinski definition) is 2. The number of benzene rings is 1. The Labute approximate surface area is 136 Å². The first-order chi connectivity index (χ1) is 10.8. The molecule has 9 heteroatoms. The first-order valence-corrected chi connectivity index (χ1v) is 7.22. The van der Waals surface area contributed by atoms with Crippen LogP contribution in [0.5, 0.6) is 0 Å². The van der Waals surface area contributed by atoms with Gasteiger partial charge < -0.3 is 15.2 Å². The van der Waals surface area contributed by atoms with E-state index in [2.05, 4.69) is 5.32 Å². The molecule has 1 aliphatic rings. The normalized spacial score (nSPS) is 20.2. The average molecular weight is 343 g/mol. The highest BCUT2D eigenvalue weighted by Gasteiger charge is 2.38. The lowest BCUT2D eigenvalue weighted by atomic mass is 9.94. The smallest absolute Gasteiger partial charge is 0.305 e. The third-order valence-electron chi connectivity index (χ3n) is 3.60. The highest BCUT2D eigenvalue weighted by Crippen LogP contribution is 2.25. The van der Waals surface area contributed by atoms with Crippen LogP contribution in [-0.4, -0.2) is 40.7 Å². The number of halogens is 1. The van der Waals surface area contributed by atoms with Crippen molar-refractivity contribution in [3.63, 3.8) is 0 Å². The van der Waals surface area contributed by atoms with Crippen molar-refractivity contribution in [3.8, 4) is 0 Å². The van der Waals surface area contributed by atoms with Gasteiger partial charge in [-0.2, -0.15) is 0 Å². The highest BCUT2D eigenvalue weighted by atomic mass is 35.5. The second-order valence-electron chi connectivity index (χ2n) is 5.41. The number of carboxylic acid groups (broad SMARTS) is 1. The number of non-ortho nitro benzene ring substituents is 1. The Balaban J connectivity index is 2.06. The zero-order chi connectivity index (χ0) is 17.0. The number of ether oxygens (including phenoxy) is 1. The zero-order valence-corrected chi connectivity index (χ0v) is 12.8. The first kappa shape index (κ1) is 17.2. The molecule has 1 unspecified atom stereocenters. The number of carboxylic acids is 1. The number of nitrogens with zero attached hydrogens (tertiary/aromatic N) is 1.